The maximum Gasteiger partial charge on any atom is 0.238 e. The van der Waals surface area contributed by atoms with Gasteiger partial charge in [-0.3, -0.25) is 9.69 Å². The van der Waals surface area contributed by atoms with Gasteiger partial charge in [-0.15, -0.1) is 0 Å². The Bertz CT molecular complexity index is 184. The molecule has 1 aliphatic heterocycles. The SMILES string of the molecule is CCN1CC(C)NC(=O)C1CNC. The molecule has 0 spiro atoms. The van der Waals surface area contributed by atoms with E-state index in [9.17, 15) is 4.79 Å². The molecule has 1 heterocycles. The van der Waals surface area contributed by atoms with Gasteiger partial charge in [-0.2, -0.15) is 0 Å². The van der Waals surface area contributed by atoms with Gasteiger partial charge >= 0.3 is 0 Å². The number of likely N-dealkylation sites (N-methyl/N-ethyl adjacent to an activating group) is 2. The van der Waals surface area contributed by atoms with Crippen LogP contribution < -0.4 is 10.6 Å². The molecule has 0 aromatic heterocycles. The quantitative estimate of drug-likeness (QED) is 0.618. The first-order valence-corrected chi connectivity index (χ1v) is 4.88. The number of nitrogens with one attached hydrogen (secondary N) is 2. The highest BCUT2D eigenvalue weighted by atomic mass is 16.2. The molecular formula is C9H19N3O. The Balaban J connectivity index is 2.60. The summed E-state index contributed by atoms with van der Waals surface area (Å²) in [4.78, 5) is 13.8. The van der Waals surface area contributed by atoms with Crippen molar-refractivity contribution in [2.24, 2.45) is 0 Å². The number of hydrogen-bond acceptors (Lipinski definition) is 3. The molecule has 0 bridgehead atoms. The van der Waals surface area contributed by atoms with Gasteiger partial charge < -0.3 is 10.6 Å². The predicted octanol–water partition coefficient (Wildman–Crippen LogP) is -0.585. The van der Waals surface area contributed by atoms with Crippen LogP contribution in [0.2, 0.25) is 0 Å². The van der Waals surface area contributed by atoms with E-state index in [4.69, 9.17) is 0 Å². The molecule has 1 aliphatic rings. The minimum Gasteiger partial charge on any atom is -0.351 e. The highest BCUT2D eigenvalue weighted by Crippen LogP contribution is 2.06. The Morgan fingerprint density at radius 2 is 2.38 bits per heavy atom. The van der Waals surface area contributed by atoms with Crippen LogP contribution in [-0.2, 0) is 4.79 Å². The van der Waals surface area contributed by atoms with E-state index in [1.54, 1.807) is 0 Å². The van der Waals surface area contributed by atoms with E-state index in [0.717, 1.165) is 19.6 Å². The van der Waals surface area contributed by atoms with Crippen LogP contribution in [0.15, 0.2) is 0 Å². The lowest BCUT2D eigenvalue weighted by Crippen LogP contribution is -2.61. The van der Waals surface area contributed by atoms with Gasteiger partial charge in [-0.05, 0) is 20.5 Å². The zero-order valence-electron chi connectivity index (χ0n) is 8.63. The second-order valence-corrected chi connectivity index (χ2v) is 3.57. The summed E-state index contributed by atoms with van der Waals surface area (Å²) in [6, 6.07) is 0.284. The van der Waals surface area contributed by atoms with E-state index >= 15 is 0 Å². The first kappa shape index (κ1) is 10.5. The van der Waals surface area contributed by atoms with E-state index in [0.29, 0.717) is 0 Å². The Hall–Kier alpha value is -0.610. The summed E-state index contributed by atoms with van der Waals surface area (Å²) < 4.78 is 0. The number of nitrogens with zero attached hydrogens (tertiary/aromatic N) is 1. The van der Waals surface area contributed by atoms with Crippen LogP contribution in [0, 0.1) is 0 Å². The summed E-state index contributed by atoms with van der Waals surface area (Å²) in [6.07, 6.45) is 0. The highest BCUT2D eigenvalue weighted by molar-refractivity contribution is 5.83. The van der Waals surface area contributed by atoms with Crippen molar-refractivity contribution in [1.82, 2.24) is 15.5 Å². The fourth-order valence-corrected chi connectivity index (χ4v) is 1.79. The van der Waals surface area contributed by atoms with E-state index in [-0.39, 0.29) is 18.0 Å². The average Bonchev–Trinajstić information content (AvgIpc) is 2.09. The lowest BCUT2D eigenvalue weighted by molar-refractivity contribution is -0.130. The molecular weight excluding hydrogens is 166 g/mol. The smallest absolute Gasteiger partial charge is 0.238 e. The van der Waals surface area contributed by atoms with Crippen molar-refractivity contribution < 1.29 is 4.79 Å². The van der Waals surface area contributed by atoms with Crippen LogP contribution >= 0.6 is 0 Å². The van der Waals surface area contributed by atoms with Crippen molar-refractivity contribution in [3.8, 4) is 0 Å². The molecule has 4 heteroatoms. The van der Waals surface area contributed by atoms with Crippen molar-refractivity contribution in [2.75, 3.05) is 26.7 Å². The molecule has 0 saturated carbocycles. The van der Waals surface area contributed by atoms with E-state index in [2.05, 4.69) is 22.5 Å². The molecule has 0 aromatic rings. The first-order chi connectivity index (χ1) is 6.19. The Labute approximate surface area is 79.7 Å². The predicted molar refractivity (Wildman–Crippen MR) is 52.6 cm³/mol. The van der Waals surface area contributed by atoms with Gasteiger partial charge in [0.05, 0.1) is 0 Å². The van der Waals surface area contributed by atoms with Crippen LogP contribution in [0.4, 0.5) is 0 Å². The molecule has 1 fully saturated rings. The van der Waals surface area contributed by atoms with Crippen LogP contribution in [0.25, 0.3) is 0 Å². The van der Waals surface area contributed by atoms with Crippen LogP contribution in [0.5, 0.6) is 0 Å². The van der Waals surface area contributed by atoms with Crippen molar-refractivity contribution in [1.29, 1.82) is 0 Å². The molecule has 2 N–H and O–H groups in total. The fourth-order valence-electron chi connectivity index (χ4n) is 1.79. The van der Waals surface area contributed by atoms with Gasteiger partial charge in [-0.25, -0.2) is 0 Å². The maximum atomic E-state index is 11.6. The molecule has 0 aliphatic carbocycles. The summed E-state index contributed by atoms with van der Waals surface area (Å²) >= 11 is 0. The van der Waals surface area contributed by atoms with E-state index in [1.807, 2.05) is 14.0 Å². The van der Waals surface area contributed by atoms with Crippen molar-refractivity contribution in [3.05, 3.63) is 0 Å². The molecule has 1 rings (SSSR count). The average molecular weight is 185 g/mol. The summed E-state index contributed by atoms with van der Waals surface area (Å²) in [5.41, 5.74) is 0. The lowest BCUT2D eigenvalue weighted by Gasteiger charge is -2.37. The van der Waals surface area contributed by atoms with Gasteiger partial charge in [0.15, 0.2) is 0 Å². The van der Waals surface area contributed by atoms with Gasteiger partial charge in [0.1, 0.15) is 6.04 Å². The number of carbonyl (C=O) groups is 1. The standard InChI is InChI=1S/C9H19N3O/c1-4-12-6-7(2)11-9(13)8(12)5-10-3/h7-8,10H,4-6H2,1-3H3,(H,11,13). The van der Waals surface area contributed by atoms with E-state index in [1.165, 1.54) is 0 Å². The molecule has 0 aromatic carbocycles. The number of hydrogen-bond donors (Lipinski definition) is 2. The molecule has 0 radical (unpaired) electrons. The lowest BCUT2D eigenvalue weighted by atomic mass is 10.1. The Kier molecular flexibility index (Phi) is 3.69. The highest BCUT2D eigenvalue weighted by Gasteiger charge is 2.30. The number of piperazine rings is 1. The zero-order valence-corrected chi connectivity index (χ0v) is 8.63. The summed E-state index contributed by atoms with van der Waals surface area (Å²) in [5, 5.41) is 6.00. The maximum absolute atomic E-state index is 11.6. The minimum atomic E-state index is 0.00574. The molecule has 2 atom stereocenters. The molecule has 13 heavy (non-hydrogen) atoms. The molecule has 2 unspecified atom stereocenters. The first-order valence-electron chi connectivity index (χ1n) is 4.88. The largest absolute Gasteiger partial charge is 0.351 e. The monoisotopic (exact) mass is 185 g/mol. The van der Waals surface area contributed by atoms with Gasteiger partial charge in [0, 0.05) is 19.1 Å². The van der Waals surface area contributed by atoms with Gasteiger partial charge in [-0.1, -0.05) is 6.92 Å². The Morgan fingerprint density at radius 1 is 1.69 bits per heavy atom. The fraction of sp³-hybridized carbons (Fsp3) is 0.889. The van der Waals surface area contributed by atoms with E-state index < -0.39 is 0 Å². The summed E-state index contributed by atoms with van der Waals surface area (Å²) in [7, 11) is 1.87. The third kappa shape index (κ3) is 2.42. The van der Waals surface area contributed by atoms with Crippen molar-refractivity contribution >= 4 is 5.91 Å². The number of carbonyl (C=O) groups excluding carboxylic acids is 1. The number of amides is 1. The van der Waals surface area contributed by atoms with Crippen molar-refractivity contribution in [3.63, 3.8) is 0 Å². The third-order valence-corrected chi connectivity index (χ3v) is 2.44. The molecule has 76 valence electrons. The topological polar surface area (TPSA) is 44.4 Å². The summed E-state index contributed by atoms with van der Waals surface area (Å²) in [5.74, 6) is 0.148. The Morgan fingerprint density at radius 3 is 2.92 bits per heavy atom. The van der Waals surface area contributed by atoms with Gasteiger partial charge in [0.25, 0.3) is 0 Å². The van der Waals surface area contributed by atoms with Crippen LogP contribution in [0.3, 0.4) is 0 Å². The number of rotatable bonds is 3. The molecule has 4 nitrogen and oxygen atoms in total. The van der Waals surface area contributed by atoms with Crippen LogP contribution in [-0.4, -0.2) is 49.6 Å². The second-order valence-electron chi connectivity index (χ2n) is 3.57. The molecule has 1 amide bonds. The normalized spacial score (nSPS) is 30.2. The third-order valence-electron chi connectivity index (χ3n) is 2.44. The van der Waals surface area contributed by atoms with Crippen molar-refractivity contribution in [2.45, 2.75) is 25.9 Å². The zero-order chi connectivity index (χ0) is 9.84. The minimum absolute atomic E-state index is 0.00574. The summed E-state index contributed by atoms with van der Waals surface area (Å²) in [6.45, 7) is 6.75. The van der Waals surface area contributed by atoms with Crippen LogP contribution in [0.1, 0.15) is 13.8 Å². The molecule has 1 saturated heterocycles. The second kappa shape index (κ2) is 4.58. The van der Waals surface area contributed by atoms with Gasteiger partial charge in [0.2, 0.25) is 5.91 Å².